The number of amides is 2. The Hall–Kier alpha value is -3.51. The third-order valence-corrected chi connectivity index (χ3v) is 5.93. The molecule has 3 aromatic carbocycles. The molecule has 31 heavy (non-hydrogen) atoms. The molecule has 5 nitrogen and oxygen atoms in total. The van der Waals surface area contributed by atoms with E-state index in [9.17, 15) is 14.0 Å². The molecule has 2 fully saturated rings. The van der Waals surface area contributed by atoms with Crippen molar-refractivity contribution in [3.05, 3.63) is 95.3 Å². The zero-order chi connectivity index (χ0) is 21.7. The number of para-hydroxylation sites is 1. The summed E-state index contributed by atoms with van der Waals surface area (Å²) < 4.78 is 13.6. The van der Waals surface area contributed by atoms with Gasteiger partial charge in [0.2, 0.25) is 5.91 Å². The van der Waals surface area contributed by atoms with Crippen LogP contribution in [-0.4, -0.2) is 17.9 Å². The van der Waals surface area contributed by atoms with Gasteiger partial charge in [0.1, 0.15) is 11.7 Å². The van der Waals surface area contributed by atoms with Gasteiger partial charge < -0.3 is 0 Å². The Morgan fingerprint density at radius 3 is 2.26 bits per heavy atom. The first-order valence-corrected chi connectivity index (χ1v) is 10.2. The lowest BCUT2D eigenvalue weighted by Crippen LogP contribution is -2.37. The number of benzene rings is 3. The largest absolute Gasteiger partial charge is 0.273 e. The van der Waals surface area contributed by atoms with Gasteiger partial charge in [-0.05, 0) is 55.3 Å². The van der Waals surface area contributed by atoms with E-state index in [1.54, 1.807) is 23.3 Å². The van der Waals surface area contributed by atoms with E-state index in [2.05, 4.69) is 0 Å². The Morgan fingerprint density at radius 2 is 1.58 bits per heavy atom. The third kappa shape index (κ3) is 3.11. The summed E-state index contributed by atoms with van der Waals surface area (Å²) in [5.41, 5.74) is 3.91. The van der Waals surface area contributed by atoms with Gasteiger partial charge in [0.25, 0.3) is 5.91 Å². The maximum absolute atomic E-state index is 13.6. The summed E-state index contributed by atoms with van der Waals surface area (Å²) in [6, 6.07) is 20.4. The second-order valence-corrected chi connectivity index (χ2v) is 8.01. The Morgan fingerprint density at radius 1 is 0.871 bits per heavy atom. The van der Waals surface area contributed by atoms with E-state index < -0.39 is 18.1 Å². The number of fused-ring (bicyclic) bond motifs is 1. The number of nitrogens with zero attached hydrogens (tertiary/aromatic N) is 2. The zero-order valence-electron chi connectivity index (χ0n) is 17.2. The predicted molar refractivity (Wildman–Crippen MR) is 115 cm³/mol. The Kier molecular flexibility index (Phi) is 4.59. The van der Waals surface area contributed by atoms with Crippen LogP contribution in [0.3, 0.4) is 0 Å². The normalized spacial score (nSPS) is 22.9. The molecule has 0 unspecified atom stereocenters. The predicted octanol–water partition coefficient (Wildman–Crippen LogP) is 4.49. The van der Waals surface area contributed by atoms with Crippen LogP contribution in [0.5, 0.6) is 0 Å². The summed E-state index contributed by atoms with van der Waals surface area (Å²) in [5, 5.41) is 1.61. The first kappa shape index (κ1) is 19.5. The maximum atomic E-state index is 13.6. The van der Waals surface area contributed by atoms with E-state index in [0.29, 0.717) is 11.3 Å². The van der Waals surface area contributed by atoms with E-state index >= 15 is 0 Å². The molecule has 5 rings (SSSR count). The van der Waals surface area contributed by atoms with Crippen LogP contribution in [0.1, 0.15) is 22.7 Å². The highest BCUT2D eigenvalue weighted by molar-refractivity contribution is 6.24. The lowest BCUT2D eigenvalue weighted by molar-refractivity contribution is -0.126. The number of hydrogen-bond acceptors (Lipinski definition) is 4. The Balaban J connectivity index is 1.59. The molecule has 156 valence electrons. The molecule has 0 bridgehead atoms. The van der Waals surface area contributed by atoms with Crippen LogP contribution in [0.25, 0.3) is 0 Å². The smallest absolute Gasteiger partial charge is 0.266 e. The zero-order valence-corrected chi connectivity index (χ0v) is 17.2. The summed E-state index contributed by atoms with van der Waals surface area (Å²) in [4.78, 5) is 34.3. The lowest BCUT2D eigenvalue weighted by atomic mass is 9.90. The molecule has 2 aliphatic heterocycles. The minimum absolute atomic E-state index is 0.310. The van der Waals surface area contributed by atoms with Crippen molar-refractivity contribution in [1.29, 1.82) is 0 Å². The number of halogens is 1. The van der Waals surface area contributed by atoms with Crippen LogP contribution in [0.4, 0.5) is 15.8 Å². The van der Waals surface area contributed by atoms with E-state index in [1.807, 2.05) is 56.3 Å². The SMILES string of the molecule is Cc1ccc(N2C(=O)[C@@H]3[C@H](ON(c4ccccc4)[C@H]3c3ccc(F)cc3)C2=O)c(C)c1. The molecular formula is C25H21FN2O3. The van der Waals surface area contributed by atoms with Crippen LogP contribution in [-0.2, 0) is 14.4 Å². The van der Waals surface area contributed by atoms with Crippen LogP contribution in [0, 0.1) is 25.6 Å². The van der Waals surface area contributed by atoms with Gasteiger partial charge in [-0.3, -0.25) is 14.4 Å². The minimum atomic E-state index is -0.941. The number of anilines is 2. The molecule has 0 N–H and O–H groups in total. The molecular weight excluding hydrogens is 395 g/mol. The highest BCUT2D eigenvalue weighted by Crippen LogP contribution is 2.47. The standard InChI is InChI=1S/C25H21FN2O3/c1-15-8-13-20(16(2)14-15)27-24(29)21-22(17-9-11-18(26)12-10-17)28(31-23(21)25(27)30)19-6-4-3-5-7-19/h3-14,21-23H,1-2H3/t21-,22-,23-/m0/s1. The Bertz CT molecular complexity index is 1160. The summed E-state index contributed by atoms with van der Waals surface area (Å²) in [6.07, 6.45) is -0.941. The van der Waals surface area contributed by atoms with Crippen LogP contribution in [0.2, 0.25) is 0 Å². The molecule has 2 amide bonds. The van der Waals surface area contributed by atoms with Gasteiger partial charge in [-0.1, -0.05) is 48.0 Å². The molecule has 2 saturated heterocycles. The molecule has 0 aromatic heterocycles. The molecule has 0 saturated carbocycles. The molecule has 6 heteroatoms. The quantitative estimate of drug-likeness (QED) is 0.590. The van der Waals surface area contributed by atoms with E-state index in [-0.39, 0.29) is 17.6 Å². The first-order chi connectivity index (χ1) is 15.0. The van der Waals surface area contributed by atoms with Crippen molar-refractivity contribution >= 4 is 23.2 Å². The van der Waals surface area contributed by atoms with E-state index in [1.165, 1.54) is 17.0 Å². The third-order valence-electron chi connectivity index (χ3n) is 5.93. The van der Waals surface area contributed by atoms with Crippen molar-refractivity contribution in [3.8, 4) is 0 Å². The van der Waals surface area contributed by atoms with Gasteiger partial charge in [0.05, 0.1) is 17.4 Å². The van der Waals surface area contributed by atoms with Crippen molar-refractivity contribution in [2.75, 3.05) is 9.96 Å². The van der Waals surface area contributed by atoms with E-state index in [0.717, 1.165) is 16.8 Å². The minimum Gasteiger partial charge on any atom is -0.273 e. The maximum Gasteiger partial charge on any atom is 0.266 e. The Labute approximate surface area is 179 Å². The van der Waals surface area contributed by atoms with Crippen molar-refractivity contribution in [1.82, 2.24) is 0 Å². The second kappa shape index (κ2) is 7.32. The highest BCUT2D eigenvalue weighted by atomic mass is 19.1. The average molecular weight is 416 g/mol. The first-order valence-electron chi connectivity index (χ1n) is 10.2. The van der Waals surface area contributed by atoms with Crippen molar-refractivity contribution < 1.29 is 18.8 Å². The number of hydroxylamine groups is 1. The highest BCUT2D eigenvalue weighted by Gasteiger charge is 2.60. The molecule has 2 aliphatic rings. The van der Waals surface area contributed by atoms with E-state index in [4.69, 9.17) is 4.84 Å². The fraction of sp³-hybridized carbons (Fsp3) is 0.200. The molecule has 2 heterocycles. The molecule has 0 aliphatic carbocycles. The number of rotatable bonds is 3. The fourth-order valence-corrected chi connectivity index (χ4v) is 4.51. The van der Waals surface area contributed by atoms with Gasteiger partial charge in [-0.15, -0.1) is 0 Å². The molecule has 0 radical (unpaired) electrons. The van der Waals surface area contributed by atoms with Crippen molar-refractivity contribution in [2.24, 2.45) is 5.92 Å². The monoisotopic (exact) mass is 416 g/mol. The number of carbonyl (C=O) groups is 2. The van der Waals surface area contributed by atoms with Gasteiger partial charge >= 0.3 is 0 Å². The van der Waals surface area contributed by atoms with Gasteiger partial charge in [0, 0.05) is 0 Å². The molecule has 3 aromatic rings. The topological polar surface area (TPSA) is 49.9 Å². The number of aryl methyl sites for hydroxylation is 2. The van der Waals surface area contributed by atoms with Gasteiger partial charge in [-0.2, -0.15) is 0 Å². The number of carbonyl (C=O) groups excluding carboxylic acids is 2. The van der Waals surface area contributed by atoms with Crippen LogP contribution in [0.15, 0.2) is 72.8 Å². The number of imide groups is 1. The molecule has 0 spiro atoms. The van der Waals surface area contributed by atoms with Crippen LogP contribution >= 0.6 is 0 Å². The second-order valence-electron chi connectivity index (χ2n) is 8.01. The average Bonchev–Trinajstić information content (AvgIpc) is 3.26. The van der Waals surface area contributed by atoms with Crippen LogP contribution < -0.4 is 9.96 Å². The fourth-order valence-electron chi connectivity index (χ4n) is 4.51. The summed E-state index contributed by atoms with van der Waals surface area (Å²) in [5.74, 6) is -1.79. The summed E-state index contributed by atoms with van der Waals surface area (Å²) >= 11 is 0. The summed E-state index contributed by atoms with van der Waals surface area (Å²) in [6.45, 7) is 3.84. The number of hydrogen-bond donors (Lipinski definition) is 0. The van der Waals surface area contributed by atoms with Crippen molar-refractivity contribution in [2.45, 2.75) is 26.0 Å². The van der Waals surface area contributed by atoms with Gasteiger partial charge in [-0.25, -0.2) is 14.4 Å². The summed E-state index contributed by atoms with van der Waals surface area (Å²) in [7, 11) is 0. The van der Waals surface area contributed by atoms with Crippen molar-refractivity contribution in [3.63, 3.8) is 0 Å². The lowest BCUT2D eigenvalue weighted by Gasteiger charge is -2.29. The molecule has 3 atom stereocenters. The van der Waals surface area contributed by atoms with Gasteiger partial charge in [0.15, 0.2) is 6.10 Å².